The molecule has 13 heteroatoms. The Bertz CT molecular complexity index is 964. The van der Waals surface area contributed by atoms with Crippen molar-refractivity contribution in [1.82, 2.24) is 14.9 Å². The third kappa shape index (κ3) is 6.20. The summed E-state index contributed by atoms with van der Waals surface area (Å²) in [6, 6.07) is 4.15. The number of nitrogens with zero attached hydrogens (tertiary/aromatic N) is 3. The Hall–Kier alpha value is -3.09. The second kappa shape index (κ2) is 9.41. The number of carbonyl (C=O) groups excluding carboxylic acids is 2. The molecular weight excluding hydrogens is 415 g/mol. The fourth-order valence-corrected chi connectivity index (χ4v) is 2.73. The minimum absolute atomic E-state index is 0.0357. The van der Waals surface area contributed by atoms with E-state index in [1.165, 1.54) is 6.07 Å². The van der Waals surface area contributed by atoms with Crippen LogP contribution in [0.2, 0.25) is 0 Å². The van der Waals surface area contributed by atoms with E-state index in [9.17, 15) is 27.6 Å². The topological polar surface area (TPSA) is 129 Å². The molecule has 0 aliphatic heterocycles. The zero-order valence-corrected chi connectivity index (χ0v) is 15.8. The third-order valence-electron chi connectivity index (χ3n) is 3.35. The molecule has 1 aromatic heterocycles. The van der Waals surface area contributed by atoms with Crippen molar-refractivity contribution in [2.45, 2.75) is 24.7 Å². The number of benzene rings is 1. The molecule has 156 valence electrons. The summed E-state index contributed by atoms with van der Waals surface area (Å²) in [7, 11) is 0. The molecule has 0 saturated carbocycles. The van der Waals surface area contributed by atoms with Crippen LogP contribution in [0.15, 0.2) is 34.2 Å². The second-order valence-corrected chi connectivity index (χ2v) is 6.44. The van der Waals surface area contributed by atoms with Crippen molar-refractivity contribution < 1.29 is 27.5 Å². The van der Waals surface area contributed by atoms with Crippen LogP contribution in [0.25, 0.3) is 0 Å². The van der Waals surface area contributed by atoms with Crippen LogP contribution in [0, 0.1) is 0 Å². The number of amides is 1. The number of esters is 1. The Labute approximate surface area is 166 Å². The summed E-state index contributed by atoms with van der Waals surface area (Å²) in [5, 5.41) is 9.52. The van der Waals surface area contributed by atoms with Crippen molar-refractivity contribution in [2.24, 2.45) is 0 Å². The first-order chi connectivity index (χ1) is 13.6. The van der Waals surface area contributed by atoms with Gasteiger partial charge in [-0.05, 0) is 25.1 Å². The van der Waals surface area contributed by atoms with Crippen molar-refractivity contribution in [3.8, 4) is 0 Å². The number of hydrogen-bond donors (Lipinski definition) is 2. The molecule has 29 heavy (non-hydrogen) atoms. The van der Waals surface area contributed by atoms with Gasteiger partial charge in [0.05, 0.1) is 24.3 Å². The lowest BCUT2D eigenvalue weighted by atomic mass is 10.2. The summed E-state index contributed by atoms with van der Waals surface area (Å²) >= 11 is 0.750. The van der Waals surface area contributed by atoms with Gasteiger partial charge in [-0.2, -0.15) is 17.8 Å². The number of nitrogen functional groups attached to an aromatic ring is 1. The molecule has 0 atom stereocenters. The highest BCUT2D eigenvalue weighted by Crippen LogP contribution is 2.30. The molecule has 0 bridgehead atoms. The summed E-state index contributed by atoms with van der Waals surface area (Å²) < 4.78 is 43.5. The van der Waals surface area contributed by atoms with Gasteiger partial charge in [-0.15, -0.1) is 10.2 Å². The van der Waals surface area contributed by atoms with E-state index < -0.39 is 35.6 Å². The molecule has 0 unspecified atom stereocenters. The van der Waals surface area contributed by atoms with Crippen molar-refractivity contribution in [3.05, 3.63) is 45.9 Å². The van der Waals surface area contributed by atoms with E-state index in [0.717, 1.165) is 30.0 Å². The molecule has 1 heterocycles. The number of alkyl halides is 3. The minimum Gasteiger partial charge on any atom is -0.466 e. The normalized spacial score (nSPS) is 11.2. The van der Waals surface area contributed by atoms with Gasteiger partial charge in [0.25, 0.3) is 5.56 Å². The molecule has 2 rings (SSSR count). The number of carbonyl (C=O) groups is 2. The van der Waals surface area contributed by atoms with Gasteiger partial charge in [-0.25, -0.2) is 0 Å². The molecule has 3 N–H and O–H groups in total. The molecule has 9 nitrogen and oxygen atoms in total. The number of hydrogen-bond acceptors (Lipinski definition) is 8. The average molecular weight is 431 g/mol. The van der Waals surface area contributed by atoms with E-state index >= 15 is 0 Å². The lowest BCUT2D eigenvalue weighted by Gasteiger charge is -2.10. The minimum atomic E-state index is -4.54. The fraction of sp³-hybridized carbons (Fsp3) is 0.312. The lowest BCUT2D eigenvalue weighted by Crippen LogP contribution is -2.35. The van der Waals surface area contributed by atoms with Crippen molar-refractivity contribution >= 4 is 29.3 Å². The van der Waals surface area contributed by atoms with E-state index in [2.05, 4.69) is 15.5 Å². The zero-order valence-electron chi connectivity index (χ0n) is 15.0. The monoisotopic (exact) mass is 431 g/mol. The van der Waals surface area contributed by atoms with Crippen LogP contribution in [0.1, 0.15) is 18.2 Å². The molecule has 1 aromatic carbocycles. The SMILES string of the molecule is CCOC(=O)Cc1nnc(SCC(=O)Nc2cccc(C(F)(F)F)c2)n(N)c1=O. The summed E-state index contributed by atoms with van der Waals surface area (Å²) in [5.41, 5.74) is -1.94. The number of nitrogens with two attached hydrogens (primary N) is 1. The van der Waals surface area contributed by atoms with Gasteiger partial charge in [-0.3, -0.25) is 14.4 Å². The number of anilines is 1. The van der Waals surface area contributed by atoms with Crippen LogP contribution in [-0.4, -0.2) is 39.1 Å². The summed E-state index contributed by atoms with van der Waals surface area (Å²) in [6.45, 7) is 1.74. The van der Waals surface area contributed by atoms with Crippen LogP contribution in [0.5, 0.6) is 0 Å². The standard InChI is InChI=1S/C16H16F3N5O4S/c1-2-28-13(26)7-11-14(27)24(20)15(23-22-11)29-8-12(25)21-10-5-3-4-9(6-10)16(17,18)19/h3-6H,2,7-8,20H2,1H3,(H,21,25). The first-order valence-corrected chi connectivity index (χ1v) is 9.09. The van der Waals surface area contributed by atoms with Crippen molar-refractivity contribution in [2.75, 3.05) is 23.5 Å². The number of thioether (sulfide) groups is 1. The average Bonchev–Trinajstić information content (AvgIpc) is 2.64. The maximum absolute atomic E-state index is 12.7. The molecule has 2 aromatic rings. The quantitative estimate of drug-likeness (QED) is 0.380. The van der Waals surface area contributed by atoms with Crippen LogP contribution < -0.4 is 16.7 Å². The highest BCUT2D eigenvalue weighted by atomic mass is 32.2. The van der Waals surface area contributed by atoms with E-state index in [0.29, 0.717) is 4.68 Å². The maximum atomic E-state index is 12.7. The molecule has 0 radical (unpaired) electrons. The van der Waals surface area contributed by atoms with Crippen LogP contribution in [0.3, 0.4) is 0 Å². The molecule has 0 saturated heterocycles. The molecule has 0 spiro atoms. The first kappa shape index (κ1) is 22.2. The Kier molecular flexibility index (Phi) is 7.20. The summed E-state index contributed by atoms with van der Waals surface area (Å²) in [6.07, 6.45) is -4.94. The molecular formula is C16H16F3N5O4S. The van der Waals surface area contributed by atoms with Crippen LogP contribution >= 0.6 is 11.8 Å². The number of rotatable bonds is 7. The lowest BCUT2D eigenvalue weighted by molar-refractivity contribution is -0.142. The van der Waals surface area contributed by atoms with E-state index in [1.54, 1.807) is 6.92 Å². The van der Waals surface area contributed by atoms with E-state index in [4.69, 9.17) is 10.6 Å². The second-order valence-electron chi connectivity index (χ2n) is 5.50. The number of nitrogens with one attached hydrogen (secondary N) is 1. The van der Waals surface area contributed by atoms with Gasteiger partial charge >= 0.3 is 12.1 Å². The summed E-state index contributed by atoms with van der Waals surface area (Å²) in [5.74, 6) is 4.01. The van der Waals surface area contributed by atoms with Crippen LogP contribution in [0.4, 0.5) is 18.9 Å². The van der Waals surface area contributed by atoms with Crippen molar-refractivity contribution in [1.29, 1.82) is 0 Å². The molecule has 0 aliphatic rings. The Balaban J connectivity index is 2.01. The third-order valence-corrected chi connectivity index (χ3v) is 4.29. The zero-order chi connectivity index (χ0) is 21.6. The Morgan fingerprint density at radius 1 is 1.31 bits per heavy atom. The molecule has 1 amide bonds. The van der Waals surface area contributed by atoms with Gasteiger partial charge in [0, 0.05) is 5.69 Å². The predicted octanol–water partition coefficient (Wildman–Crippen LogP) is 1.21. The molecule has 0 aliphatic carbocycles. The van der Waals surface area contributed by atoms with Gasteiger partial charge in [0.15, 0.2) is 0 Å². The molecule has 0 fully saturated rings. The van der Waals surface area contributed by atoms with Crippen LogP contribution in [-0.2, 0) is 26.9 Å². The highest BCUT2D eigenvalue weighted by Gasteiger charge is 2.30. The van der Waals surface area contributed by atoms with E-state index in [-0.39, 0.29) is 28.9 Å². The maximum Gasteiger partial charge on any atom is 0.416 e. The smallest absolute Gasteiger partial charge is 0.416 e. The Morgan fingerprint density at radius 2 is 2.03 bits per heavy atom. The fourth-order valence-electron chi connectivity index (χ4n) is 2.08. The van der Waals surface area contributed by atoms with Crippen molar-refractivity contribution in [3.63, 3.8) is 0 Å². The first-order valence-electron chi connectivity index (χ1n) is 8.11. The summed E-state index contributed by atoms with van der Waals surface area (Å²) in [4.78, 5) is 35.5. The largest absolute Gasteiger partial charge is 0.466 e. The number of aromatic nitrogens is 3. The number of halogens is 3. The Morgan fingerprint density at radius 3 is 2.69 bits per heavy atom. The highest BCUT2D eigenvalue weighted by molar-refractivity contribution is 7.99. The predicted molar refractivity (Wildman–Crippen MR) is 97.6 cm³/mol. The number of ether oxygens (including phenoxy) is 1. The van der Waals surface area contributed by atoms with Gasteiger partial charge < -0.3 is 15.9 Å². The van der Waals surface area contributed by atoms with Gasteiger partial charge in [0.1, 0.15) is 5.69 Å². The van der Waals surface area contributed by atoms with E-state index in [1.807, 2.05) is 0 Å². The van der Waals surface area contributed by atoms with Gasteiger partial charge in [-0.1, -0.05) is 17.8 Å². The van der Waals surface area contributed by atoms with Gasteiger partial charge in [0.2, 0.25) is 11.1 Å².